The van der Waals surface area contributed by atoms with E-state index in [1.54, 1.807) is 12.3 Å². The Morgan fingerprint density at radius 1 is 1.17 bits per heavy atom. The normalized spacial score (nSPS) is 18.7. The Bertz CT molecular complexity index is 1240. The monoisotopic (exact) mass is 480 g/mol. The van der Waals surface area contributed by atoms with Crippen LogP contribution in [0.25, 0.3) is 11.0 Å². The molecule has 0 aliphatic heterocycles. The van der Waals surface area contributed by atoms with Crippen LogP contribution < -0.4 is 20.9 Å². The molecule has 4 N–H and O–H groups in total. The number of nitrogens with one attached hydrogen (secondary N) is 2. The van der Waals surface area contributed by atoms with Crippen LogP contribution in [0, 0.1) is 5.82 Å². The fourth-order valence-corrected chi connectivity index (χ4v) is 5.15. The highest BCUT2D eigenvalue weighted by molar-refractivity contribution is 6.00. The average molecular weight is 481 g/mol. The Morgan fingerprint density at radius 3 is 2.60 bits per heavy atom. The molecule has 9 heteroatoms. The number of hydrogen-bond donors (Lipinski definition) is 3. The molecule has 1 fully saturated rings. The number of aromatic nitrogens is 3. The van der Waals surface area contributed by atoms with E-state index in [0.717, 1.165) is 36.8 Å². The van der Waals surface area contributed by atoms with Gasteiger partial charge in [-0.3, -0.25) is 9.28 Å². The van der Waals surface area contributed by atoms with E-state index in [-0.39, 0.29) is 39.7 Å². The first kappa shape index (κ1) is 24.9. The Balaban J connectivity index is 1.79. The molecule has 2 atom stereocenters. The minimum absolute atomic E-state index is 0.00298. The molecular weight excluding hydrogens is 445 g/mol. The zero-order valence-corrected chi connectivity index (χ0v) is 21.1. The summed E-state index contributed by atoms with van der Waals surface area (Å²) in [6.45, 7) is 4.15. The number of nitrogens with two attached hydrogens (primary N) is 1. The number of carbonyl (C=O) groups is 1. The summed E-state index contributed by atoms with van der Waals surface area (Å²) in [4.78, 5) is 26.0. The summed E-state index contributed by atoms with van der Waals surface area (Å²) in [6.07, 6.45) is 5.87. The van der Waals surface area contributed by atoms with Gasteiger partial charge in [0.05, 0.1) is 31.4 Å². The molecule has 1 amide bonds. The number of carbonyl (C=O) groups excluding carboxylic acids is 1. The van der Waals surface area contributed by atoms with E-state index < -0.39 is 11.7 Å². The minimum atomic E-state index is -0.750. The predicted molar refractivity (Wildman–Crippen MR) is 138 cm³/mol. The van der Waals surface area contributed by atoms with Gasteiger partial charge in [-0.25, -0.2) is 9.97 Å². The van der Waals surface area contributed by atoms with E-state index in [4.69, 9.17) is 5.73 Å². The van der Waals surface area contributed by atoms with Crippen molar-refractivity contribution in [3.05, 3.63) is 47.5 Å². The van der Waals surface area contributed by atoms with Gasteiger partial charge in [-0.15, -0.1) is 0 Å². The highest BCUT2D eigenvalue weighted by Crippen LogP contribution is 2.35. The van der Waals surface area contributed by atoms with E-state index in [0.29, 0.717) is 11.3 Å². The number of amides is 1. The first-order chi connectivity index (χ1) is 16.6. The van der Waals surface area contributed by atoms with Gasteiger partial charge in [0.15, 0.2) is 5.65 Å². The molecule has 0 spiro atoms. The van der Waals surface area contributed by atoms with Gasteiger partial charge in [0, 0.05) is 23.7 Å². The number of pyridine rings is 3. The lowest BCUT2D eigenvalue weighted by Gasteiger charge is -2.43. The van der Waals surface area contributed by atoms with Crippen molar-refractivity contribution in [3.63, 3.8) is 0 Å². The molecule has 1 aliphatic carbocycles. The Morgan fingerprint density at radius 2 is 1.91 bits per heavy atom. The van der Waals surface area contributed by atoms with Gasteiger partial charge in [-0.05, 0) is 50.1 Å². The van der Waals surface area contributed by atoms with Crippen LogP contribution in [0.5, 0.6) is 0 Å². The second kappa shape index (κ2) is 9.83. The summed E-state index contributed by atoms with van der Waals surface area (Å²) < 4.78 is 15.7. The molecular formula is C26H35FN7O+. The average Bonchev–Trinajstić information content (AvgIpc) is 2.84. The molecule has 2 unspecified atom stereocenters. The third-order valence-corrected chi connectivity index (χ3v) is 7.17. The number of halogens is 1. The summed E-state index contributed by atoms with van der Waals surface area (Å²) in [5.41, 5.74) is 7.81. The van der Waals surface area contributed by atoms with E-state index in [1.807, 2.05) is 33.3 Å². The van der Waals surface area contributed by atoms with Crippen molar-refractivity contribution in [2.45, 2.75) is 57.5 Å². The lowest BCUT2D eigenvalue weighted by atomic mass is 9.88. The number of anilines is 2. The molecule has 0 saturated heterocycles. The maximum absolute atomic E-state index is 15.4. The van der Waals surface area contributed by atoms with Crippen LogP contribution in [0.15, 0.2) is 30.5 Å². The van der Waals surface area contributed by atoms with Crippen molar-refractivity contribution >= 4 is 34.3 Å². The van der Waals surface area contributed by atoms with Crippen molar-refractivity contribution in [2.24, 2.45) is 5.73 Å². The number of hydrogen-bond acceptors (Lipinski definition) is 6. The fraction of sp³-hybridized carbons (Fsp3) is 0.462. The molecule has 0 aromatic carbocycles. The van der Waals surface area contributed by atoms with Gasteiger partial charge in [0.2, 0.25) is 5.82 Å². The van der Waals surface area contributed by atoms with Gasteiger partial charge >= 0.3 is 0 Å². The topological polar surface area (TPSA) is 106 Å². The van der Waals surface area contributed by atoms with Crippen LogP contribution in [-0.4, -0.2) is 54.1 Å². The molecule has 3 aromatic heterocycles. The lowest BCUT2D eigenvalue weighted by Crippen LogP contribution is -2.60. The lowest BCUT2D eigenvalue weighted by molar-refractivity contribution is 0.1000. The van der Waals surface area contributed by atoms with Crippen LogP contribution in [-0.2, 0) is 0 Å². The smallest absolute Gasteiger partial charge is 0.265 e. The van der Waals surface area contributed by atoms with Crippen molar-refractivity contribution in [3.8, 4) is 0 Å². The maximum Gasteiger partial charge on any atom is 0.265 e. The van der Waals surface area contributed by atoms with E-state index in [9.17, 15) is 4.79 Å². The Labute approximate surface area is 205 Å². The van der Waals surface area contributed by atoms with Crippen LogP contribution in [0.2, 0.25) is 0 Å². The van der Waals surface area contributed by atoms with Crippen LogP contribution in [0.1, 0.15) is 61.5 Å². The number of nitrogens with zero attached hydrogens (tertiary/aromatic N) is 4. The van der Waals surface area contributed by atoms with Gasteiger partial charge in [-0.2, -0.15) is 9.37 Å². The molecule has 0 radical (unpaired) electrons. The largest absolute Gasteiger partial charge is 0.365 e. The standard InChI is InChI=1S/C26H34FN7O/c1-15(2)19-11-10-16-20(12-13-30-24(16)31-19)32-25-17(23(28)35)14-18(27)26(33-25)34(4,5)22-9-7-6-8-21(22)29-3/h10-15,21-22,29H,6-9H2,1-5H3,(H2-,28,30,31,32,33,35)/p+1. The predicted octanol–water partition coefficient (Wildman–Crippen LogP) is 4.23. The summed E-state index contributed by atoms with van der Waals surface area (Å²) in [5.74, 6) is -0.542. The van der Waals surface area contributed by atoms with E-state index >= 15 is 4.39 Å². The second-order valence-corrected chi connectivity index (χ2v) is 10.1. The minimum Gasteiger partial charge on any atom is -0.365 e. The molecule has 3 heterocycles. The van der Waals surface area contributed by atoms with E-state index in [1.165, 1.54) is 6.07 Å². The first-order valence-corrected chi connectivity index (χ1v) is 12.2. The summed E-state index contributed by atoms with van der Waals surface area (Å²) in [7, 11) is 5.89. The Hall–Kier alpha value is -3.17. The zero-order chi connectivity index (χ0) is 25.3. The van der Waals surface area contributed by atoms with Gasteiger partial charge < -0.3 is 16.4 Å². The third kappa shape index (κ3) is 4.83. The maximum atomic E-state index is 15.4. The first-order valence-electron chi connectivity index (χ1n) is 12.2. The summed E-state index contributed by atoms with van der Waals surface area (Å²) in [5, 5.41) is 7.40. The van der Waals surface area contributed by atoms with Crippen molar-refractivity contribution in [1.29, 1.82) is 0 Å². The van der Waals surface area contributed by atoms with Gasteiger partial charge in [0.1, 0.15) is 11.9 Å². The number of rotatable bonds is 7. The molecule has 3 aromatic rings. The number of fused-ring (bicyclic) bond motifs is 1. The fourth-order valence-electron chi connectivity index (χ4n) is 5.15. The third-order valence-electron chi connectivity index (χ3n) is 7.17. The van der Waals surface area contributed by atoms with Crippen molar-refractivity contribution in [2.75, 3.05) is 26.5 Å². The molecule has 186 valence electrons. The van der Waals surface area contributed by atoms with Crippen molar-refractivity contribution in [1.82, 2.24) is 24.8 Å². The summed E-state index contributed by atoms with van der Waals surface area (Å²) >= 11 is 0. The van der Waals surface area contributed by atoms with Crippen LogP contribution >= 0.6 is 0 Å². The SMILES string of the molecule is CNC1CCCCC1[N+](C)(C)c1nc(Nc2ccnc3nc(C(C)C)ccc23)c(C(N)=O)cc1F. The second-order valence-electron chi connectivity index (χ2n) is 10.1. The molecule has 1 saturated carbocycles. The van der Waals surface area contributed by atoms with Crippen LogP contribution in [0.3, 0.4) is 0 Å². The zero-order valence-electron chi connectivity index (χ0n) is 21.1. The molecule has 0 bridgehead atoms. The quantitative estimate of drug-likeness (QED) is 0.437. The summed E-state index contributed by atoms with van der Waals surface area (Å²) in [6, 6.07) is 7.27. The molecule has 35 heavy (non-hydrogen) atoms. The van der Waals surface area contributed by atoms with E-state index in [2.05, 4.69) is 39.4 Å². The van der Waals surface area contributed by atoms with Gasteiger partial charge in [0.25, 0.3) is 11.7 Å². The molecule has 1 aliphatic rings. The highest BCUT2D eigenvalue weighted by Gasteiger charge is 2.41. The number of quaternary nitrogens is 1. The van der Waals surface area contributed by atoms with Crippen molar-refractivity contribution < 1.29 is 9.18 Å². The highest BCUT2D eigenvalue weighted by atomic mass is 19.1. The van der Waals surface area contributed by atoms with Crippen LogP contribution in [0.4, 0.5) is 21.7 Å². The number of likely N-dealkylation sites (N-methyl/N-ethyl adjacent to an activating group) is 2. The molecule has 8 nitrogen and oxygen atoms in total. The van der Waals surface area contributed by atoms with Gasteiger partial charge in [-0.1, -0.05) is 20.3 Å². The number of primary amides is 1. The Kier molecular flexibility index (Phi) is 7.00. The molecule has 4 rings (SSSR count).